The molecule has 0 unspecified atom stereocenters. The van der Waals surface area contributed by atoms with Crippen LogP contribution in [0.5, 0.6) is 0 Å². The molecule has 0 aliphatic rings. The zero-order valence-corrected chi connectivity index (χ0v) is 11.7. The summed E-state index contributed by atoms with van der Waals surface area (Å²) in [4.78, 5) is 23.4. The second-order valence-electron chi connectivity index (χ2n) is 4.25. The number of Topliss-reactive ketones (excluding diaryl/α,β-unsaturated/α-hetero) is 1. The Balaban J connectivity index is 1.86. The summed E-state index contributed by atoms with van der Waals surface area (Å²) in [5.41, 5.74) is 0.855. The predicted octanol–water partition coefficient (Wildman–Crippen LogP) is 3.48. The van der Waals surface area contributed by atoms with Crippen LogP contribution in [0.2, 0.25) is 5.02 Å². The molecule has 0 bridgehead atoms. The summed E-state index contributed by atoms with van der Waals surface area (Å²) >= 11 is 5.79. The Hall–Kier alpha value is -2.40. The van der Waals surface area contributed by atoms with Gasteiger partial charge in [-0.3, -0.25) is 4.79 Å². The minimum absolute atomic E-state index is 0.183. The molecule has 0 spiro atoms. The topological polar surface area (TPSA) is 58.2 Å². The molecule has 2 N–H and O–H groups in total. The quantitative estimate of drug-likeness (QED) is 0.850. The molecule has 0 heterocycles. The van der Waals surface area contributed by atoms with Crippen LogP contribution >= 0.6 is 11.6 Å². The highest BCUT2D eigenvalue weighted by Gasteiger charge is 2.08. The Morgan fingerprint density at radius 1 is 1.10 bits per heavy atom. The monoisotopic (exact) mass is 306 g/mol. The van der Waals surface area contributed by atoms with Gasteiger partial charge < -0.3 is 10.6 Å². The minimum atomic E-state index is -0.521. The summed E-state index contributed by atoms with van der Waals surface area (Å²) in [6.45, 7) is -0.183. The van der Waals surface area contributed by atoms with E-state index in [2.05, 4.69) is 10.6 Å². The second kappa shape index (κ2) is 6.85. The van der Waals surface area contributed by atoms with E-state index in [1.54, 1.807) is 24.3 Å². The number of benzene rings is 2. The van der Waals surface area contributed by atoms with Crippen LogP contribution in [0.25, 0.3) is 0 Å². The van der Waals surface area contributed by atoms with Crippen LogP contribution in [0, 0.1) is 5.82 Å². The van der Waals surface area contributed by atoms with Crippen molar-refractivity contribution in [3.05, 3.63) is 64.9 Å². The summed E-state index contributed by atoms with van der Waals surface area (Å²) in [5, 5.41) is 5.47. The third-order valence-electron chi connectivity index (χ3n) is 2.66. The lowest BCUT2D eigenvalue weighted by Gasteiger charge is -2.07. The van der Waals surface area contributed by atoms with Crippen LogP contribution in [0.4, 0.5) is 14.9 Å². The van der Waals surface area contributed by atoms with E-state index < -0.39 is 11.8 Å². The normalized spacial score (nSPS) is 10.0. The molecule has 6 heteroatoms. The van der Waals surface area contributed by atoms with Crippen LogP contribution in [0.15, 0.2) is 48.5 Å². The lowest BCUT2D eigenvalue weighted by atomic mass is 10.1. The largest absolute Gasteiger partial charge is 0.330 e. The number of rotatable bonds is 4. The maximum atomic E-state index is 12.7. The number of carbonyl (C=O) groups excluding carboxylic acids is 2. The molecule has 0 saturated heterocycles. The molecule has 108 valence electrons. The second-order valence-corrected chi connectivity index (χ2v) is 4.68. The fourth-order valence-corrected chi connectivity index (χ4v) is 1.83. The standard InChI is InChI=1S/C15H12ClFN2O2/c16-11-2-1-3-13(8-11)19-15(21)18-9-14(20)10-4-6-12(17)7-5-10/h1-8H,9H2,(H2,18,19,21). The molecule has 0 fully saturated rings. The number of anilines is 1. The van der Waals surface area contributed by atoms with Crippen molar-refractivity contribution in [1.82, 2.24) is 5.32 Å². The van der Waals surface area contributed by atoms with E-state index in [0.29, 0.717) is 16.3 Å². The molecule has 2 aromatic carbocycles. The fourth-order valence-electron chi connectivity index (χ4n) is 1.64. The number of nitrogens with one attached hydrogen (secondary N) is 2. The van der Waals surface area contributed by atoms with Gasteiger partial charge in [-0.15, -0.1) is 0 Å². The Morgan fingerprint density at radius 2 is 1.81 bits per heavy atom. The number of hydrogen-bond donors (Lipinski definition) is 2. The summed E-state index contributed by atoms with van der Waals surface area (Å²) in [7, 11) is 0. The Morgan fingerprint density at radius 3 is 2.48 bits per heavy atom. The van der Waals surface area contributed by atoms with Gasteiger partial charge in [0.15, 0.2) is 5.78 Å². The molecule has 0 saturated carbocycles. The van der Waals surface area contributed by atoms with Crippen molar-refractivity contribution in [2.24, 2.45) is 0 Å². The number of urea groups is 1. The molecule has 2 amide bonds. The van der Waals surface area contributed by atoms with Crippen LogP contribution in [0.1, 0.15) is 10.4 Å². The summed E-state index contributed by atoms with van der Waals surface area (Å²) < 4.78 is 12.7. The van der Waals surface area contributed by atoms with Gasteiger partial charge in [0.1, 0.15) is 5.82 Å². The molecule has 0 aliphatic heterocycles. The Bertz CT molecular complexity index is 659. The first-order valence-corrected chi connectivity index (χ1v) is 6.51. The highest BCUT2D eigenvalue weighted by atomic mass is 35.5. The highest BCUT2D eigenvalue weighted by Crippen LogP contribution is 2.14. The number of carbonyl (C=O) groups is 2. The van der Waals surface area contributed by atoms with E-state index in [-0.39, 0.29) is 12.3 Å². The van der Waals surface area contributed by atoms with Gasteiger partial charge in [-0.05, 0) is 42.5 Å². The first-order chi connectivity index (χ1) is 10.0. The van der Waals surface area contributed by atoms with Gasteiger partial charge in [0.25, 0.3) is 0 Å². The molecule has 4 nitrogen and oxygen atoms in total. The molecule has 21 heavy (non-hydrogen) atoms. The number of hydrogen-bond acceptors (Lipinski definition) is 2. The number of ketones is 1. The van der Waals surface area contributed by atoms with Gasteiger partial charge in [0.2, 0.25) is 0 Å². The lowest BCUT2D eigenvalue weighted by molar-refractivity contribution is 0.0993. The molecular formula is C15H12ClFN2O2. The average molecular weight is 307 g/mol. The first-order valence-electron chi connectivity index (χ1n) is 6.14. The maximum Gasteiger partial charge on any atom is 0.319 e. The van der Waals surface area contributed by atoms with Crippen LogP contribution < -0.4 is 10.6 Å². The SMILES string of the molecule is O=C(NCC(=O)c1ccc(F)cc1)Nc1cccc(Cl)c1. The third-order valence-corrected chi connectivity index (χ3v) is 2.89. The van der Waals surface area contributed by atoms with E-state index in [1.165, 1.54) is 24.3 Å². The van der Waals surface area contributed by atoms with Crippen molar-refractivity contribution < 1.29 is 14.0 Å². The molecule has 2 rings (SSSR count). The summed E-state index contributed by atoms with van der Waals surface area (Å²) in [6.07, 6.45) is 0. The van der Waals surface area contributed by atoms with Crippen LogP contribution in [0.3, 0.4) is 0 Å². The van der Waals surface area contributed by atoms with E-state index >= 15 is 0 Å². The van der Waals surface area contributed by atoms with E-state index in [0.717, 1.165) is 0 Å². The van der Waals surface area contributed by atoms with Gasteiger partial charge in [0.05, 0.1) is 6.54 Å². The van der Waals surface area contributed by atoms with Crippen molar-refractivity contribution in [1.29, 1.82) is 0 Å². The van der Waals surface area contributed by atoms with Crippen LogP contribution in [-0.2, 0) is 0 Å². The van der Waals surface area contributed by atoms with Crippen molar-refractivity contribution in [2.45, 2.75) is 0 Å². The molecule has 0 aromatic heterocycles. The molecular weight excluding hydrogens is 295 g/mol. The van der Waals surface area contributed by atoms with Gasteiger partial charge in [-0.2, -0.15) is 0 Å². The van der Waals surface area contributed by atoms with Crippen molar-refractivity contribution in [2.75, 3.05) is 11.9 Å². The van der Waals surface area contributed by atoms with Crippen molar-refractivity contribution in [3.63, 3.8) is 0 Å². The predicted molar refractivity (Wildman–Crippen MR) is 79.2 cm³/mol. The minimum Gasteiger partial charge on any atom is -0.330 e. The van der Waals surface area contributed by atoms with Gasteiger partial charge >= 0.3 is 6.03 Å². The average Bonchev–Trinajstić information content (AvgIpc) is 2.45. The number of halogens is 2. The molecule has 2 aromatic rings. The lowest BCUT2D eigenvalue weighted by Crippen LogP contribution is -2.33. The molecule has 0 radical (unpaired) electrons. The number of amides is 2. The smallest absolute Gasteiger partial charge is 0.319 e. The van der Waals surface area contributed by atoms with Gasteiger partial charge in [-0.1, -0.05) is 17.7 Å². The first kappa shape index (κ1) is 15.0. The van der Waals surface area contributed by atoms with Gasteiger partial charge in [0, 0.05) is 16.3 Å². The zero-order chi connectivity index (χ0) is 15.2. The molecule has 0 aliphatic carbocycles. The van der Waals surface area contributed by atoms with Crippen molar-refractivity contribution in [3.8, 4) is 0 Å². The Kier molecular flexibility index (Phi) is 4.90. The third kappa shape index (κ3) is 4.57. The summed E-state index contributed by atoms with van der Waals surface area (Å²) in [6, 6.07) is 11.2. The maximum absolute atomic E-state index is 12.7. The van der Waals surface area contributed by atoms with Gasteiger partial charge in [-0.25, -0.2) is 9.18 Å². The van der Waals surface area contributed by atoms with E-state index in [9.17, 15) is 14.0 Å². The van der Waals surface area contributed by atoms with E-state index in [4.69, 9.17) is 11.6 Å². The Labute approximate surface area is 125 Å². The highest BCUT2D eigenvalue weighted by molar-refractivity contribution is 6.30. The molecule has 0 atom stereocenters. The van der Waals surface area contributed by atoms with Crippen molar-refractivity contribution >= 4 is 29.1 Å². The zero-order valence-electron chi connectivity index (χ0n) is 10.9. The fraction of sp³-hybridized carbons (Fsp3) is 0.0667. The summed E-state index contributed by atoms with van der Waals surface area (Å²) in [5.74, 6) is -0.727. The van der Waals surface area contributed by atoms with Crippen LogP contribution in [-0.4, -0.2) is 18.4 Å². The van der Waals surface area contributed by atoms with E-state index in [1.807, 2.05) is 0 Å².